The summed E-state index contributed by atoms with van der Waals surface area (Å²) < 4.78 is 18.6. The highest BCUT2D eigenvalue weighted by Gasteiger charge is 2.14. The molecule has 1 rings (SSSR count). The zero-order chi connectivity index (χ0) is 12.1. The van der Waals surface area contributed by atoms with Crippen molar-refractivity contribution < 1.29 is 14.2 Å². The van der Waals surface area contributed by atoms with Crippen LogP contribution in [-0.2, 0) is 0 Å². The maximum Gasteiger partial charge on any atom is 0.173 e. The Balaban J connectivity index is 2.99. The second kappa shape index (κ2) is 6.03. The van der Waals surface area contributed by atoms with Gasteiger partial charge in [-0.2, -0.15) is 0 Å². The van der Waals surface area contributed by atoms with Crippen LogP contribution in [0.15, 0.2) is 12.1 Å². The summed E-state index contributed by atoms with van der Waals surface area (Å²) in [6.07, 6.45) is 0.365. The molecule has 0 bridgehead atoms. The Hall–Kier alpha value is -0.840. The summed E-state index contributed by atoms with van der Waals surface area (Å²) in [6, 6.07) is 2.43. The highest BCUT2D eigenvalue weighted by atomic mass is 35.5. The summed E-state index contributed by atoms with van der Waals surface area (Å²) in [5, 5.41) is 8.94. The van der Waals surface area contributed by atoms with E-state index < -0.39 is 11.9 Å². The van der Waals surface area contributed by atoms with Crippen molar-refractivity contribution in [1.82, 2.24) is 0 Å². The number of hydrogen-bond donors (Lipinski definition) is 2. The molecule has 3 N–H and O–H groups in total. The highest BCUT2D eigenvalue weighted by Crippen LogP contribution is 2.31. The van der Waals surface area contributed by atoms with E-state index in [1.807, 2.05) is 0 Å². The number of rotatable bonds is 5. The highest BCUT2D eigenvalue weighted by molar-refractivity contribution is 6.32. The number of benzene rings is 1. The Morgan fingerprint density at radius 2 is 2.25 bits per heavy atom. The molecular weight excluding hydrogens is 233 g/mol. The molecule has 0 spiro atoms. The SMILES string of the molecule is CCOc1c(F)cc([C@H](N)CCO)cc1Cl. The van der Waals surface area contributed by atoms with E-state index in [-0.39, 0.29) is 17.4 Å². The van der Waals surface area contributed by atoms with Gasteiger partial charge in [0.2, 0.25) is 0 Å². The largest absolute Gasteiger partial charge is 0.489 e. The molecule has 0 saturated carbocycles. The summed E-state index contributed by atoms with van der Waals surface area (Å²) in [5.74, 6) is -0.484. The van der Waals surface area contributed by atoms with Crippen molar-refractivity contribution in [3.63, 3.8) is 0 Å². The molecule has 0 heterocycles. The molecule has 1 atom stereocenters. The van der Waals surface area contributed by atoms with Crippen LogP contribution in [0, 0.1) is 5.82 Å². The quantitative estimate of drug-likeness (QED) is 0.839. The first-order valence-electron chi connectivity index (χ1n) is 5.08. The predicted molar refractivity (Wildman–Crippen MR) is 61.2 cm³/mol. The molecular formula is C11H15ClFNO2. The average Bonchev–Trinajstić information content (AvgIpc) is 2.23. The molecule has 90 valence electrons. The van der Waals surface area contributed by atoms with E-state index >= 15 is 0 Å². The number of ether oxygens (including phenoxy) is 1. The lowest BCUT2D eigenvalue weighted by Gasteiger charge is -2.13. The van der Waals surface area contributed by atoms with E-state index in [0.717, 1.165) is 0 Å². The minimum absolute atomic E-state index is 0.0455. The summed E-state index contributed by atoms with van der Waals surface area (Å²) in [4.78, 5) is 0. The zero-order valence-corrected chi connectivity index (χ0v) is 9.80. The van der Waals surface area contributed by atoms with Gasteiger partial charge in [0, 0.05) is 12.6 Å². The van der Waals surface area contributed by atoms with Crippen LogP contribution >= 0.6 is 11.6 Å². The molecule has 0 radical (unpaired) electrons. The maximum absolute atomic E-state index is 13.6. The number of aliphatic hydroxyl groups excluding tert-OH is 1. The van der Waals surface area contributed by atoms with Crippen LogP contribution in [0.1, 0.15) is 24.9 Å². The van der Waals surface area contributed by atoms with Gasteiger partial charge in [-0.3, -0.25) is 0 Å². The lowest BCUT2D eigenvalue weighted by atomic mass is 10.0. The lowest BCUT2D eigenvalue weighted by Crippen LogP contribution is -2.12. The van der Waals surface area contributed by atoms with Crippen LogP contribution in [0.5, 0.6) is 5.75 Å². The molecule has 16 heavy (non-hydrogen) atoms. The normalized spacial score (nSPS) is 12.6. The Kier molecular flexibility index (Phi) is 4.99. The molecule has 0 aliphatic carbocycles. The fourth-order valence-electron chi connectivity index (χ4n) is 1.38. The second-order valence-electron chi connectivity index (χ2n) is 3.37. The number of nitrogens with two attached hydrogens (primary N) is 1. The van der Waals surface area contributed by atoms with Gasteiger partial charge in [-0.25, -0.2) is 4.39 Å². The Morgan fingerprint density at radius 1 is 1.56 bits per heavy atom. The third-order valence-electron chi connectivity index (χ3n) is 2.18. The van der Waals surface area contributed by atoms with Crippen LogP contribution in [0.2, 0.25) is 5.02 Å². The molecule has 0 aromatic heterocycles. The molecule has 1 aromatic rings. The smallest absolute Gasteiger partial charge is 0.173 e. The average molecular weight is 248 g/mol. The fraction of sp³-hybridized carbons (Fsp3) is 0.455. The van der Waals surface area contributed by atoms with Gasteiger partial charge in [0.25, 0.3) is 0 Å². The number of aliphatic hydroxyl groups is 1. The minimum Gasteiger partial charge on any atom is -0.489 e. The lowest BCUT2D eigenvalue weighted by molar-refractivity contribution is 0.276. The predicted octanol–water partition coefficient (Wildman–Crippen LogP) is 2.26. The summed E-state index contributed by atoms with van der Waals surface area (Å²) in [7, 11) is 0. The molecule has 3 nitrogen and oxygen atoms in total. The molecule has 0 unspecified atom stereocenters. The van der Waals surface area contributed by atoms with Gasteiger partial charge < -0.3 is 15.6 Å². The molecule has 1 aromatic carbocycles. The van der Waals surface area contributed by atoms with Gasteiger partial charge >= 0.3 is 0 Å². The maximum atomic E-state index is 13.6. The molecule has 0 aliphatic heterocycles. The third kappa shape index (κ3) is 3.07. The minimum atomic E-state index is -0.530. The van der Waals surface area contributed by atoms with Crippen LogP contribution in [-0.4, -0.2) is 18.3 Å². The molecule has 0 fully saturated rings. The van der Waals surface area contributed by atoms with Crippen LogP contribution in [0.4, 0.5) is 4.39 Å². The van der Waals surface area contributed by atoms with Crippen molar-refractivity contribution in [3.05, 3.63) is 28.5 Å². The molecule has 0 amide bonds. The van der Waals surface area contributed by atoms with Crippen molar-refractivity contribution in [2.75, 3.05) is 13.2 Å². The third-order valence-corrected chi connectivity index (χ3v) is 2.46. The van der Waals surface area contributed by atoms with E-state index in [9.17, 15) is 4.39 Å². The summed E-state index contributed by atoms with van der Waals surface area (Å²) in [5.41, 5.74) is 6.30. The Labute approximate surface area is 99.0 Å². The first kappa shape index (κ1) is 13.2. The van der Waals surface area contributed by atoms with E-state index in [1.54, 1.807) is 13.0 Å². The standard InChI is InChI=1S/C11H15ClFNO2/c1-2-16-11-8(12)5-7(6-9(11)13)10(14)3-4-15/h5-6,10,15H,2-4,14H2,1H3/t10-/m1/s1. The number of hydrogen-bond acceptors (Lipinski definition) is 3. The summed E-state index contributed by atoms with van der Waals surface area (Å²) >= 11 is 5.87. The molecule has 5 heteroatoms. The van der Waals surface area contributed by atoms with Crippen molar-refractivity contribution >= 4 is 11.6 Å². The van der Waals surface area contributed by atoms with Crippen LogP contribution in [0.3, 0.4) is 0 Å². The van der Waals surface area contributed by atoms with Gasteiger partial charge in [0.05, 0.1) is 11.6 Å². The summed E-state index contributed by atoms with van der Waals surface area (Å²) in [6.45, 7) is 2.05. The second-order valence-corrected chi connectivity index (χ2v) is 3.77. The van der Waals surface area contributed by atoms with Gasteiger partial charge in [-0.05, 0) is 31.0 Å². The van der Waals surface area contributed by atoms with Gasteiger partial charge in [-0.15, -0.1) is 0 Å². The monoisotopic (exact) mass is 247 g/mol. The van der Waals surface area contributed by atoms with Gasteiger partial charge in [-0.1, -0.05) is 11.6 Å². The molecule has 0 saturated heterocycles. The van der Waals surface area contributed by atoms with Crippen LogP contribution in [0.25, 0.3) is 0 Å². The van der Waals surface area contributed by atoms with Crippen molar-refractivity contribution in [2.45, 2.75) is 19.4 Å². The van der Waals surface area contributed by atoms with E-state index in [4.69, 9.17) is 27.2 Å². The first-order chi connectivity index (χ1) is 7.60. The van der Waals surface area contributed by atoms with Crippen molar-refractivity contribution in [2.24, 2.45) is 5.73 Å². The van der Waals surface area contributed by atoms with Gasteiger partial charge in [0.1, 0.15) is 0 Å². The van der Waals surface area contributed by atoms with E-state index in [0.29, 0.717) is 18.6 Å². The zero-order valence-electron chi connectivity index (χ0n) is 9.04. The van der Waals surface area contributed by atoms with Gasteiger partial charge in [0.15, 0.2) is 11.6 Å². The van der Waals surface area contributed by atoms with Crippen molar-refractivity contribution in [1.29, 1.82) is 0 Å². The molecule has 0 aliphatic rings. The van der Waals surface area contributed by atoms with Crippen molar-refractivity contribution in [3.8, 4) is 5.75 Å². The van der Waals surface area contributed by atoms with E-state index in [1.165, 1.54) is 6.07 Å². The Morgan fingerprint density at radius 3 is 2.75 bits per heavy atom. The fourth-order valence-corrected chi connectivity index (χ4v) is 1.65. The van der Waals surface area contributed by atoms with Crippen LogP contribution < -0.4 is 10.5 Å². The first-order valence-corrected chi connectivity index (χ1v) is 5.46. The number of halogens is 2. The topological polar surface area (TPSA) is 55.5 Å². The van der Waals surface area contributed by atoms with E-state index in [2.05, 4.69) is 0 Å². The Bertz CT molecular complexity index is 337.